The van der Waals surface area contributed by atoms with E-state index in [1.54, 1.807) is 26.6 Å². The standard InChI is InChI=1S/C36H44N6O5/c1-6-18-39(21-25-14-10-9-11-15-25)32(44)29-30-33(45)42(26(8-3)22-43)31(36(30)20-24(4)35(29,5)47-36)34(46)40(19-7-2)23-41-28-17-13-12-16-27(28)37-38-41/h6-7,9-17,24,26,29-31,43H,1-2,8,18-23H2,3-5H3/t24?,26-,29+,30-,31?,35-,36?/m0/s1. The fourth-order valence-electron chi connectivity index (χ4n) is 8.26. The Kier molecular flexibility index (Phi) is 8.80. The summed E-state index contributed by atoms with van der Waals surface area (Å²) in [6, 6.07) is 15.5. The van der Waals surface area contributed by atoms with Crippen molar-refractivity contribution in [3.05, 3.63) is 85.5 Å². The summed E-state index contributed by atoms with van der Waals surface area (Å²) >= 11 is 0. The lowest BCUT2D eigenvalue weighted by Crippen LogP contribution is -2.59. The Balaban J connectivity index is 1.42. The molecule has 0 radical (unpaired) electrons. The van der Waals surface area contributed by atoms with E-state index < -0.39 is 35.1 Å². The second-order valence-electron chi connectivity index (χ2n) is 13.3. The van der Waals surface area contributed by atoms with Gasteiger partial charge in [0, 0.05) is 19.6 Å². The van der Waals surface area contributed by atoms with Gasteiger partial charge in [0.1, 0.15) is 23.8 Å². The van der Waals surface area contributed by atoms with E-state index in [0.717, 1.165) is 11.1 Å². The van der Waals surface area contributed by atoms with Gasteiger partial charge in [-0.25, -0.2) is 4.68 Å². The topological polar surface area (TPSA) is 121 Å². The number of hydrogen-bond donors (Lipinski definition) is 1. The summed E-state index contributed by atoms with van der Waals surface area (Å²) in [5.74, 6) is -2.73. The number of aliphatic hydroxyl groups excluding tert-OH is 1. The molecule has 11 heteroatoms. The van der Waals surface area contributed by atoms with Crippen LogP contribution in [0.1, 0.15) is 39.2 Å². The molecule has 1 spiro atoms. The first kappa shape index (κ1) is 32.6. The van der Waals surface area contributed by atoms with Crippen molar-refractivity contribution in [2.24, 2.45) is 17.8 Å². The van der Waals surface area contributed by atoms with E-state index in [-0.39, 0.29) is 43.5 Å². The number of hydrogen-bond acceptors (Lipinski definition) is 7. The van der Waals surface area contributed by atoms with Crippen LogP contribution in [0.2, 0.25) is 0 Å². The molecule has 3 fully saturated rings. The smallest absolute Gasteiger partial charge is 0.250 e. The van der Waals surface area contributed by atoms with Crippen molar-refractivity contribution >= 4 is 28.8 Å². The summed E-state index contributed by atoms with van der Waals surface area (Å²) < 4.78 is 8.63. The van der Waals surface area contributed by atoms with Gasteiger partial charge in [0.05, 0.1) is 35.6 Å². The monoisotopic (exact) mass is 640 g/mol. The van der Waals surface area contributed by atoms with E-state index in [4.69, 9.17) is 4.74 Å². The molecule has 1 aromatic heterocycles. The van der Waals surface area contributed by atoms with Crippen LogP contribution in [0.4, 0.5) is 0 Å². The lowest BCUT2D eigenvalue weighted by Gasteiger charge is -2.39. The molecular weight excluding hydrogens is 596 g/mol. The van der Waals surface area contributed by atoms with Crippen molar-refractivity contribution in [2.75, 3.05) is 19.7 Å². The van der Waals surface area contributed by atoms with Gasteiger partial charge >= 0.3 is 0 Å². The number of para-hydroxylation sites is 1. The summed E-state index contributed by atoms with van der Waals surface area (Å²) in [6.07, 6.45) is 4.17. The van der Waals surface area contributed by atoms with Gasteiger partial charge in [0.15, 0.2) is 0 Å². The van der Waals surface area contributed by atoms with E-state index in [9.17, 15) is 19.5 Å². The van der Waals surface area contributed by atoms with Crippen LogP contribution in [0.25, 0.3) is 11.0 Å². The lowest BCUT2D eigenvalue weighted by molar-refractivity contribution is -0.158. The summed E-state index contributed by atoms with van der Waals surface area (Å²) in [5, 5.41) is 19.1. The Morgan fingerprint density at radius 1 is 1.09 bits per heavy atom. The molecule has 6 rings (SSSR count). The third-order valence-corrected chi connectivity index (χ3v) is 10.6. The number of aromatic nitrogens is 3. The molecule has 3 amide bonds. The maximum Gasteiger partial charge on any atom is 0.250 e. The highest BCUT2D eigenvalue weighted by Gasteiger charge is 2.80. The molecule has 0 saturated carbocycles. The molecular formula is C36H44N6O5. The fourth-order valence-corrected chi connectivity index (χ4v) is 8.26. The normalized spacial score (nSPS) is 28.3. The molecule has 1 N–H and O–H groups in total. The lowest BCUT2D eigenvalue weighted by atomic mass is 9.62. The van der Waals surface area contributed by atoms with Gasteiger partial charge in [0.25, 0.3) is 0 Å². The highest BCUT2D eigenvalue weighted by molar-refractivity contribution is 5.99. The number of amides is 3. The van der Waals surface area contributed by atoms with E-state index in [0.29, 0.717) is 31.4 Å². The predicted octanol–water partition coefficient (Wildman–Crippen LogP) is 3.40. The van der Waals surface area contributed by atoms with Crippen molar-refractivity contribution in [1.82, 2.24) is 29.7 Å². The number of carbonyl (C=O) groups excluding carboxylic acids is 3. The van der Waals surface area contributed by atoms with Crippen LogP contribution in [-0.2, 0) is 32.3 Å². The quantitative estimate of drug-likeness (QED) is 0.285. The maximum atomic E-state index is 14.9. The summed E-state index contributed by atoms with van der Waals surface area (Å²) in [5.41, 5.74) is 0.171. The molecule has 3 saturated heterocycles. The number of aliphatic hydroxyl groups is 1. The summed E-state index contributed by atoms with van der Waals surface area (Å²) in [6.45, 7) is 14.2. The minimum absolute atomic E-state index is 0.0694. The van der Waals surface area contributed by atoms with Crippen LogP contribution in [0, 0.1) is 17.8 Å². The van der Waals surface area contributed by atoms with Crippen LogP contribution < -0.4 is 0 Å². The van der Waals surface area contributed by atoms with Gasteiger partial charge in [0.2, 0.25) is 17.7 Å². The highest BCUT2D eigenvalue weighted by atomic mass is 16.5. The Morgan fingerprint density at radius 2 is 1.77 bits per heavy atom. The average Bonchev–Trinajstić information content (AvgIpc) is 3.74. The zero-order valence-corrected chi connectivity index (χ0v) is 27.4. The van der Waals surface area contributed by atoms with Gasteiger partial charge in [-0.15, -0.1) is 18.3 Å². The zero-order chi connectivity index (χ0) is 33.5. The Morgan fingerprint density at radius 3 is 2.45 bits per heavy atom. The van der Waals surface area contributed by atoms with Crippen molar-refractivity contribution in [3.63, 3.8) is 0 Å². The Hall–Kier alpha value is -4.35. The van der Waals surface area contributed by atoms with Gasteiger partial charge in [-0.05, 0) is 43.4 Å². The second kappa shape index (κ2) is 12.7. The first-order chi connectivity index (χ1) is 22.6. The molecule has 3 aromatic rings. The molecule has 0 aliphatic carbocycles. The molecule has 4 heterocycles. The average molecular weight is 641 g/mol. The molecule has 3 aliphatic heterocycles. The maximum absolute atomic E-state index is 14.9. The van der Waals surface area contributed by atoms with Gasteiger partial charge in [-0.3, -0.25) is 14.4 Å². The number of ether oxygens (including phenoxy) is 1. The third-order valence-electron chi connectivity index (χ3n) is 10.6. The number of benzene rings is 2. The van der Waals surface area contributed by atoms with Crippen LogP contribution in [-0.4, -0.2) is 95.5 Å². The molecule has 11 nitrogen and oxygen atoms in total. The van der Waals surface area contributed by atoms with Gasteiger partial charge in [-0.2, -0.15) is 0 Å². The largest absolute Gasteiger partial charge is 0.394 e. The van der Waals surface area contributed by atoms with Crippen LogP contribution in [0.3, 0.4) is 0 Å². The van der Waals surface area contributed by atoms with Crippen molar-refractivity contribution in [1.29, 1.82) is 0 Å². The summed E-state index contributed by atoms with van der Waals surface area (Å²) in [7, 11) is 0. The van der Waals surface area contributed by atoms with E-state index in [1.807, 2.05) is 75.4 Å². The number of fused-ring (bicyclic) bond motifs is 2. The third kappa shape index (κ3) is 5.16. The minimum atomic E-state index is -1.26. The molecule has 7 atom stereocenters. The molecule has 2 bridgehead atoms. The molecule has 3 aliphatic rings. The first-order valence-corrected chi connectivity index (χ1v) is 16.4. The van der Waals surface area contributed by atoms with Crippen molar-refractivity contribution < 1.29 is 24.2 Å². The van der Waals surface area contributed by atoms with Crippen LogP contribution >= 0.6 is 0 Å². The SMILES string of the molecule is C=CCN(Cn1nnc2ccccc21)C(=O)C1N([C@@H](CC)CO)C(=O)[C@@H]2[C@H](C(=O)N(CC=C)Cc3ccccc3)[C@@]3(C)OC12CC3C. The Bertz CT molecular complexity index is 1670. The van der Waals surface area contributed by atoms with Crippen molar-refractivity contribution in [3.8, 4) is 0 Å². The molecule has 2 aromatic carbocycles. The molecule has 3 unspecified atom stereocenters. The minimum Gasteiger partial charge on any atom is -0.394 e. The van der Waals surface area contributed by atoms with Crippen LogP contribution in [0.15, 0.2) is 79.9 Å². The Labute approximate surface area is 275 Å². The fraction of sp³-hybridized carbons (Fsp3) is 0.472. The number of rotatable bonds is 13. The molecule has 47 heavy (non-hydrogen) atoms. The first-order valence-electron chi connectivity index (χ1n) is 16.4. The number of likely N-dealkylation sites (tertiary alicyclic amines) is 1. The van der Waals surface area contributed by atoms with E-state index in [2.05, 4.69) is 23.5 Å². The van der Waals surface area contributed by atoms with Crippen LogP contribution in [0.5, 0.6) is 0 Å². The van der Waals surface area contributed by atoms with E-state index in [1.165, 1.54) is 4.90 Å². The predicted molar refractivity (Wildman–Crippen MR) is 176 cm³/mol. The van der Waals surface area contributed by atoms with E-state index >= 15 is 0 Å². The number of nitrogens with zero attached hydrogens (tertiary/aromatic N) is 6. The zero-order valence-electron chi connectivity index (χ0n) is 27.4. The van der Waals surface area contributed by atoms with Gasteiger partial charge in [-0.1, -0.05) is 73.7 Å². The van der Waals surface area contributed by atoms with Crippen molar-refractivity contribution in [2.45, 2.75) is 70.1 Å². The highest BCUT2D eigenvalue weighted by Crippen LogP contribution is 2.66. The summed E-state index contributed by atoms with van der Waals surface area (Å²) in [4.78, 5) is 49.2. The van der Waals surface area contributed by atoms with Gasteiger partial charge < -0.3 is 24.5 Å². The molecule has 248 valence electrons. The second-order valence-corrected chi connectivity index (χ2v) is 13.3. The number of carbonyl (C=O) groups is 3.